The smallest absolute Gasteiger partial charge is 0.426 e. The van der Waals surface area contributed by atoms with Crippen molar-refractivity contribution < 1.29 is 27.8 Å². The van der Waals surface area contributed by atoms with E-state index in [0.717, 1.165) is 4.90 Å². The van der Waals surface area contributed by atoms with Gasteiger partial charge in [0.1, 0.15) is 11.7 Å². The molecule has 0 saturated carbocycles. The molecule has 0 aliphatic carbocycles. The third-order valence-corrected chi connectivity index (χ3v) is 5.18. The van der Waals surface area contributed by atoms with E-state index in [9.17, 15) is 23.1 Å². The summed E-state index contributed by atoms with van der Waals surface area (Å²) in [5, 5.41) is 9.51. The molecule has 0 amide bonds. The van der Waals surface area contributed by atoms with Crippen LogP contribution in [0.5, 0.6) is 5.75 Å². The van der Waals surface area contributed by atoms with E-state index < -0.39 is 24.2 Å². The highest BCUT2D eigenvalue weighted by Crippen LogP contribution is 2.45. The molecule has 0 aromatic heterocycles. The zero-order valence-corrected chi connectivity index (χ0v) is 15.1. The number of rotatable bonds is 3. The van der Waals surface area contributed by atoms with Crippen LogP contribution in [0.15, 0.2) is 41.3 Å². The molecule has 8 heteroatoms. The summed E-state index contributed by atoms with van der Waals surface area (Å²) in [6, 6.07) is 10.2. The number of thioether (sulfide) groups is 1. The van der Waals surface area contributed by atoms with Gasteiger partial charge < -0.3 is 9.84 Å². The van der Waals surface area contributed by atoms with E-state index in [1.54, 1.807) is 23.9 Å². The number of hydrogen-bond acceptors (Lipinski definition) is 3. The van der Waals surface area contributed by atoms with Crippen molar-refractivity contribution in [3.63, 3.8) is 0 Å². The third kappa shape index (κ3) is 3.64. The Labute approximate surface area is 157 Å². The zero-order chi connectivity index (χ0) is 19.1. The molecule has 3 rings (SSSR count). The van der Waals surface area contributed by atoms with Crippen LogP contribution in [0, 0.1) is 5.92 Å². The van der Waals surface area contributed by atoms with Gasteiger partial charge >= 0.3 is 12.1 Å². The number of carboxylic acid groups (broad SMARTS) is 1. The molecule has 2 unspecified atom stereocenters. The second kappa shape index (κ2) is 7.04. The van der Waals surface area contributed by atoms with E-state index in [0.29, 0.717) is 21.7 Å². The van der Waals surface area contributed by atoms with Crippen molar-refractivity contribution in [2.45, 2.75) is 23.6 Å². The van der Waals surface area contributed by atoms with Crippen molar-refractivity contribution in [3.05, 3.63) is 47.0 Å². The maximum atomic E-state index is 13.3. The van der Waals surface area contributed by atoms with Gasteiger partial charge in [-0.2, -0.15) is 13.2 Å². The third-order valence-electron chi connectivity index (χ3n) is 4.22. The van der Waals surface area contributed by atoms with Crippen molar-refractivity contribution >= 4 is 29.3 Å². The van der Waals surface area contributed by atoms with Gasteiger partial charge in [0, 0.05) is 15.5 Å². The normalized spacial score (nSPS) is 19.6. The number of benzene rings is 2. The highest BCUT2D eigenvalue weighted by Gasteiger charge is 2.52. The van der Waals surface area contributed by atoms with Gasteiger partial charge in [-0.05, 0) is 48.1 Å². The molecular weight excluding hydrogens is 389 g/mol. The molecule has 2 aromatic carbocycles. The Balaban J connectivity index is 2.12. The Morgan fingerprint density at radius 2 is 1.92 bits per heavy atom. The average molecular weight is 403 g/mol. The van der Waals surface area contributed by atoms with Crippen molar-refractivity contribution in [3.8, 4) is 16.9 Å². The van der Waals surface area contributed by atoms with Crippen LogP contribution in [0.3, 0.4) is 0 Å². The first kappa shape index (κ1) is 18.9. The first-order valence-electron chi connectivity index (χ1n) is 7.63. The minimum Gasteiger partial charge on any atom is -0.481 e. The number of alkyl halides is 3. The van der Waals surface area contributed by atoms with Crippen molar-refractivity contribution in [2.75, 3.05) is 6.26 Å². The highest BCUT2D eigenvalue weighted by atomic mass is 35.5. The molecule has 0 radical (unpaired) electrons. The first-order valence-corrected chi connectivity index (χ1v) is 9.24. The van der Waals surface area contributed by atoms with E-state index in [4.69, 9.17) is 16.3 Å². The molecule has 1 aliphatic rings. The lowest BCUT2D eigenvalue weighted by molar-refractivity contribution is -0.217. The minimum atomic E-state index is -4.79. The molecule has 26 heavy (non-hydrogen) atoms. The predicted octanol–water partition coefficient (Wildman–Crippen LogP) is 5.30. The fourth-order valence-corrected chi connectivity index (χ4v) is 3.64. The van der Waals surface area contributed by atoms with Crippen LogP contribution < -0.4 is 4.74 Å². The van der Waals surface area contributed by atoms with Crippen LogP contribution in [0.4, 0.5) is 13.2 Å². The largest absolute Gasteiger partial charge is 0.481 e. The lowest BCUT2D eigenvalue weighted by Crippen LogP contribution is -2.47. The van der Waals surface area contributed by atoms with Gasteiger partial charge in [-0.25, -0.2) is 0 Å². The summed E-state index contributed by atoms with van der Waals surface area (Å²) in [6.45, 7) is 0. The van der Waals surface area contributed by atoms with E-state index in [1.165, 1.54) is 12.1 Å². The van der Waals surface area contributed by atoms with Gasteiger partial charge in [0.05, 0.1) is 0 Å². The number of hydrogen-bond donors (Lipinski definition) is 1. The SMILES string of the molecule is CSc1ccc(-c2cc(Cl)cc3c2OC(C(F)(F)F)C(C(=O)O)C3)cc1. The van der Waals surface area contributed by atoms with Gasteiger partial charge in [0.25, 0.3) is 0 Å². The zero-order valence-electron chi connectivity index (χ0n) is 13.5. The molecule has 0 fully saturated rings. The van der Waals surface area contributed by atoms with Crippen LogP contribution in [0.25, 0.3) is 11.1 Å². The number of fused-ring (bicyclic) bond motifs is 1. The summed E-state index contributed by atoms with van der Waals surface area (Å²) in [5.41, 5.74) is 1.42. The van der Waals surface area contributed by atoms with Crippen LogP contribution in [-0.4, -0.2) is 29.6 Å². The second-order valence-electron chi connectivity index (χ2n) is 5.90. The summed E-state index contributed by atoms with van der Waals surface area (Å²) in [7, 11) is 0. The second-order valence-corrected chi connectivity index (χ2v) is 7.22. The molecule has 138 valence electrons. The van der Waals surface area contributed by atoms with Crippen LogP contribution in [0.2, 0.25) is 5.02 Å². The van der Waals surface area contributed by atoms with Crippen molar-refractivity contribution in [2.24, 2.45) is 5.92 Å². The van der Waals surface area contributed by atoms with Crippen molar-refractivity contribution in [1.82, 2.24) is 0 Å². The lowest BCUT2D eigenvalue weighted by atomic mass is 9.88. The van der Waals surface area contributed by atoms with E-state index in [2.05, 4.69) is 0 Å². The molecular formula is C18H14ClF3O3S. The highest BCUT2D eigenvalue weighted by molar-refractivity contribution is 7.98. The lowest BCUT2D eigenvalue weighted by Gasteiger charge is -2.33. The Bertz CT molecular complexity index is 837. The van der Waals surface area contributed by atoms with Gasteiger partial charge in [-0.3, -0.25) is 4.79 Å². The Hall–Kier alpha value is -1.86. The molecule has 2 atom stereocenters. The summed E-state index contributed by atoms with van der Waals surface area (Å²) in [5.74, 6) is -3.23. The maximum absolute atomic E-state index is 13.3. The van der Waals surface area contributed by atoms with E-state index >= 15 is 0 Å². The van der Waals surface area contributed by atoms with Gasteiger partial charge in [0.15, 0.2) is 0 Å². The Morgan fingerprint density at radius 1 is 1.27 bits per heavy atom. The van der Waals surface area contributed by atoms with Crippen LogP contribution in [-0.2, 0) is 11.2 Å². The number of ether oxygens (including phenoxy) is 1. The van der Waals surface area contributed by atoms with Crippen LogP contribution in [0.1, 0.15) is 5.56 Å². The molecule has 1 N–H and O–H groups in total. The molecule has 1 aliphatic heterocycles. The molecule has 0 bridgehead atoms. The number of aliphatic carboxylic acids is 1. The minimum absolute atomic E-state index is 0.0335. The molecule has 2 aromatic rings. The fraction of sp³-hybridized carbons (Fsp3) is 0.278. The van der Waals surface area contributed by atoms with E-state index in [1.807, 2.05) is 18.4 Å². The number of halogens is 4. The standard InChI is InChI=1S/C18H14ClF3O3S/c1-26-12-4-2-9(3-5-12)13-8-11(19)6-10-7-14(17(23)24)16(18(20,21)22)25-15(10)13/h2-6,8,14,16H,7H2,1H3,(H,23,24). The number of carboxylic acids is 1. The molecule has 1 heterocycles. The summed E-state index contributed by atoms with van der Waals surface area (Å²) in [4.78, 5) is 12.3. The first-order chi connectivity index (χ1) is 12.2. The van der Waals surface area contributed by atoms with Crippen LogP contribution >= 0.6 is 23.4 Å². The average Bonchev–Trinajstić information content (AvgIpc) is 2.59. The summed E-state index contributed by atoms with van der Waals surface area (Å²) >= 11 is 7.66. The Morgan fingerprint density at radius 3 is 2.46 bits per heavy atom. The quantitative estimate of drug-likeness (QED) is 0.708. The molecule has 3 nitrogen and oxygen atoms in total. The maximum Gasteiger partial charge on any atom is 0.426 e. The van der Waals surface area contributed by atoms with E-state index in [-0.39, 0.29) is 12.2 Å². The fourth-order valence-electron chi connectivity index (χ4n) is 2.99. The Kier molecular flexibility index (Phi) is 5.12. The summed E-state index contributed by atoms with van der Waals surface area (Å²) < 4.78 is 45.2. The molecule has 0 saturated heterocycles. The van der Waals surface area contributed by atoms with Gasteiger partial charge in [-0.1, -0.05) is 23.7 Å². The monoisotopic (exact) mass is 402 g/mol. The predicted molar refractivity (Wildman–Crippen MR) is 94.0 cm³/mol. The van der Waals surface area contributed by atoms with Crippen molar-refractivity contribution in [1.29, 1.82) is 0 Å². The number of carbonyl (C=O) groups is 1. The topological polar surface area (TPSA) is 46.5 Å². The van der Waals surface area contributed by atoms with Gasteiger partial charge in [0.2, 0.25) is 6.10 Å². The molecule has 0 spiro atoms. The summed E-state index contributed by atoms with van der Waals surface area (Å²) in [6.07, 6.45) is -5.58. The van der Waals surface area contributed by atoms with Gasteiger partial charge in [-0.15, -0.1) is 11.8 Å².